The summed E-state index contributed by atoms with van der Waals surface area (Å²) in [5, 5.41) is 12.7. The van der Waals surface area contributed by atoms with Crippen molar-refractivity contribution >= 4 is 29.6 Å². The van der Waals surface area contributed by atoms with Crippen molar-refractivity contribution in [2.24, 2.45) is 5.92 Å². The molecule has 5 nitrogen and oxygen atoms in total. The molecule has 0 radical (unpaired) electrons. The van der Waals surface area contributed by atoms with E-state index < -0.39 is 23.2 Å². The first-order chi connectivity index (χ1) is 7.21. The van der Waals surface area contributed by atoms with E-state index in [0.717, 1.165) is 0 Å². The Morgan fingerprint density at radius 3 is 2.44 bits per heavy atom. The Bertz CT molecular complexity index is 336. The molecule has 2 atom stereocenters. The summed E-state index contributed by atoms with van der Waals surface area (Å²) in [6.07, 6.45) is -0.403. The van der Waals surface area contributed by atoms with Gasteiger partial charge in [0, 0.05) is 5.92 Å². The van der Waals surface area contributed by atoms with Crippen LogP contribution in [0.3, 0.4) is 0 Å². The van der Waals surface area contributed by atoms with E-state index in [9.17, 15) is 9.59 Å². The zero-order valence-electron chi connectivity index (χ0n) is 9.44. The van der Waals surface area contributed by atoms with Gasteiger partial charge >= 0.3 is 12.1 Å². The topological polar surface area (TPSA) is 75.6 Å². The van der Waals surface area contributed by atoms with Crippen LogP contribution in [0.25, 0.3) is 0 Å². The molecule has 1 amide bonds. The number of rotatable bonds is 3. The maximum atomic E-state index is 11.4. The second-order valence-electron chi connectivity index (χ2n) is 4.85. The van der Waals surface area contributed by atoms with Gasteiger partial charge in [-0.3, -0.25) is 0 Å². The summed E-state index contributed by atoms with van der Waals surface area (Å²) < 4.78 is 5.00. The quantitative estimate of drug-likeness (QED) is 0.734. The van der Waals surface area contributed by atoms with E-state index in [1.165, 1.54) is 5.37 Å². The van der Waals surface area contributed by atoms with Crippen LogP contribution in [0.5, 0.6) is 0 Å². The van der Waals surface area contributed by atoms with Crippen molar-refractivity contribution in [1.29, 1.82) is 0 Å². The molecule has 1 aliphatic carbocycles. The number of carbonyl (C=O) groups excluding carboxylic acids is 1. The molecular formula is C10H15NO4S. The van der Waals surface area contributed by atoms with Gasteiger partial charge in [0.25, 0.3) is 0 Å². The van der Waals surface area contributed by atoms with E-state index in [1.807, 2.05) is 0 Å². The summed E-state index contributed by atoms with van der Waals surface area (Å²) in [5.41, 5.74) is -1.91. The molecule has 0 bridgehead atoms. The van der Waals surface area contributed by atoms with Gasteiger partial charge in [-0.25, -0.2) is 9.59 Å². The highest BCUT2D eigenvalue weighted by Gasteiger charge is 2.61. The van der Waals surface area contributed by atoms with Crippen LogP contribution in [0, 0.1) is 5.92 Å². The lowest BCUT2D eigenvalue weighted by molar-refractivity contribution is -0.140. The molecule has 2 N–H and O–H groups in total. The van der Waals surface area contributed by atoms with Crippen LogP contribution in [0.1, 0.15) is 27.2 Å². The number of thiocarbonyl (C=S) groups is 1. The smallest absolute Gasteiger partial charge is 0.408 e. The molecule has 1 saturated carbocycles. The fourth-order valence-corrected chi connectivity index (χ4v) is 1.71. The molecule has 0 spiro atoms. The Hall–Kier alpha value is -1.17. The molecule has 0 aromatic rings. The SMILES string of the molecule is CC(C)(C)OC(=O)N[C@@]1(C(=O)O)C[C@@H]1C=S. The third-order valence-corrected chi connectivity index (χ3v) is 2.61. The van der Waals surface area contributed by atoms with Crippen LogP contribution in [-0.4, -0.2) is 33.7 Å². The number of amides is 1. The predicted octanol–water partition coefficient (Wildman–Crippen LogP) is 1.35. The first kappa shape index (κ1) is 12.9. The number of alkyl carbamates (subject to hydrolysis) is 1. The summed E-state index contributed by atoms with van der Waals surface area (Å²) in [6.45, 7) is 5.14. The first-order valence-electron chi connectivity index (χ1n) is 4.91. The molecule has 90 valence electrons. The van der Waals surface area contributed by atoms with E-state index in [-0.39, 0.29) is 5.92 Å². The van der Waals surface area contributed by atoms with Gasteiger partial charge in [-0.15, -0.1) is 0 Å². The van der Waals surface area contributed by atoms with Crippen molar-refractivity contribution < 1.29 is 19.4 Å². The fraction of sp³-hybridized carbons (Fsp3) is 0.700. The molecule has 0 aliphatic heterocycles. The van der Waals surface area contributed by atoms with Crippen molar-refractivity contribution in [3.8, 4) is 0 Å². The van der Waals surface area contributed by atoms with Crippen LogP contribution in [0.2, 0.25) is 0 Å². The minimum Gasteiger partial charge on any atom is -0.479 e. The van der Waals surface area contributed by atoms with Crippen LogP contribution in [0.15, 0.2) is 0 Å². The number of nitrogens with one attached hydrogen (secondary N) is 1. The predicted molar refractivity (Wildman–Crippen MR) is 61.5 cm³/mol. The molecule has 0 aromatic heterocycles. The zero-order chi connectivity index (χ0) is 12.6. The Morgan fingerprint density at radius 1 is 1.56 bits per heavy atom. The standard InChI is InChI=1S/C10H15NO4S/c1-9(2,3)15-8(14)11-10(7(12)13)4-6(10)5-16/h5-6H,4H2,1-3H3,(H,11,14)(H,12,13)/t6-,10+/m1/s1. The van der Waals surface area contributed by atoms with Crippen LogP contribution in [0.4, 0.5) is 4.79 Å². The number of aliphatic carboxylic acids is 1. The van der Waals surface area contributed by atoms with Gasteiger partial charge in [-0.1, -0.05) is 12.2 Å². The number of hydrogen-bond donors (Lipinski definition) is 2. The molecule has 1 rings (SSSR count). The number of ether oxygens (including phenoxy) is 1. The second kappa shape index (κ2) is 4.01. The lowest BCUT2D eigenvalue weighted by atomic mass is 10.2. The van der Waals surface area contributed by atoms with Crippen LogP contribution in [-0.2, 0) is 9.53 Å². The van der Waals surface area contributed by atoms with Gasteiger partial charge in [-0.2, -0.15) is 0 Å². The first-order valence-corrected chi connectivity index (χ1v) is 5.38. The maximum absolute atomic E-state index is 11.4. The number of hydrogen-bond acceptors (Lipinski definition) is 4. The summed E-state index contributed by atoms with van der Waals surface area (Å²) in [5.74, 6) is -1.38. The van der Waals surface area contributed by atoms with Crippen molar-refractivity contribution in [2.75, 3.05) is 0 Å². The maximum Gasteiger partial charge on any atom is 0.408 e. The highest BCUT2D eigenvalue weighted by Crippen LogP contribution is 2.42. The minimum atomic E-state index is -1.26. The summed E-state index contributed by atoms with van der Waals surface area (Å²) in [7, 11) is 0. The Balaban J connectivity index is 2.63. The van der Waals surface area contributed by atoms with E-state index >= 15 is 0 Å². The normalized spacial score (nSPS) is 28.1. The van der Waals surface area contributed by atoms with E-state index in [0.29, 0.717) is 6.42 Å². The van der Waals surface area contributed by atoms with Gasteiger partial charge in [0.2, 0.25) is 0 Å². The highest BCUT2D eigenvalue weighted by atomic mass is 32.1. The molecular weight excluding hydrogens is 230 g/mol. The Morgan fingerprint density at radius 2 is 2.12 bits per heavy atom. The molecule has 6 heteroatoms. The Labute approximate surface area is 99.2 Å². The molecule has 16 heavy (non-hydrogen) atoms. The average molecular weight is 245 g/mol. The number of carbonyl (C=O) groups is 2. The fourth-order valence-electron chi connectivity index (χ4n) is 1.38. The van der Waals surface area contributed by atoms with Gasteiger partial charge in [0.05, 0.1) is 0 Å². The van der Waals surface area contributed by atoms with E-state index in [1.54, 1.807) is 20.8 Å². The third kappa shape index (κ3) is 2.69. The van der Waals surface area contributed by atoms with Gasteiger partial charge < -0.3 is 15.2 Å². The minimum absolute atomic E-state index is 0.299. The van der Waals surface area contributed by atoms with E-state index in [4.69, 9.17) is 9.84 Å². The third-order valence-electron chi connectivity index (χ3n) is 2.28. The van der Waals surface area contributed by atoms with Crippen molar-refractivity contribution in [1.82, 2.24) is 5.32 Å². The lowest BCUT2D eigenvalue weighted by Crippen LogP contribution is -2.47. The average Bonchev–Trinajstić information content (AvgIpc) is 2.76. The van der Waals surface area contributed by atoms with Crippen molar-refractivity contribution in [2.45, 2.75) is 38.3 Å². The number of carboxylic acid groups (broad SMARTS) is 1. The number of carboxylic acids is 1. The molecule has 0 aromatic carbocycles. The van der Waals surface area contributed by atoms with Gasteiger partial charge in [0.1, 0.15) is 11.1 Å². The second-order valence-corrected chi connectivity index (χ2v) is 5.12. The lowest BCUT2D eigenvalue weighted by Gasteiger charge is -2.22. The molecule has 0 heterocycles. The van der Waals surface area contributed by atoms with Crippen LogP contribution >= 0.6 is 12.2 Å². The largest absolute Gasteiger partial charge is 0.479 e. The zero-order valence-corrected chi connectivity index (χ0v) is 10.3. The van der Waals surface area contributed by atoms with Crippen molar-refractivity contribution in [3.63, 3.8) is 0 Å². The highest BCUT2D eigenvalue weighted by molar-refractivity contribution is 7.79. The molecule has 0 saturated heterocycles. The molecule has 0 unspecified atom stereocenters. The summed E-state index contributed by atoms with van der Waals surface area (Å²) in [6, 6.07) is 0. The van der Waals surface area contributed by atoms with E-state index in [2.05, 4.69) is 17.5 Å². The molecule has 1 fully saturated rings. The molecule has 1 aliphatic rings. The van der Waals surface area contributed by atoms with Crippen LogP contribution < -0.4 is 5.32 Å². The van der Waals surface area contributed by atoms with Gasteiger partial charge in [-0.05, 0) is 32.6 Å². The van der Waals surface area contributed by atoms with Crippen molar-refractivity contribution in [3.05, 3.63) is 0 Å². The monoisotopic (exact) mass is 245 g/mol. The summed E-state index contributed by atoms with van der Waals surface area (Å²) >= 11 is 4.69. The summed E-state index contributed by atoms with van der Waals surface area (Å²) in [4.78, 5) is 22.5. The Kier molecular flexibility index (Phi) is 3.23. The van der Waals surface area contributed by atoms with Gasteiger partial charge in [0.15, 0.2) is 0 Å².